The lowest BCUT2D eigenvalue weighted by Crippen LogP contribution is -2.24. The number of nitrogens with one attached hydrogen (secondary N) is 1. The first-order chi connectivity index (χ1) is 9.35. The molecular formula is C15H22N4. The van der Waals surface area contributed by atoms with Crippen LogP contribution in [0.15, 0.2) is 36.8 Å². The molecule has 0 bridgehead atoms. The normalized spacial score (nSPS) is 12.5. The molecule has 2 heterocycles. The molecule has 19 heavy (non-hydrogen) atoms. The molecule has 2 rings (SSSR count). The van der Waals surface area contributed by atoms with E-state index in [1.54, 1.807) is 0 Å². The van der Waals surface area contributed by atoms with E-state index in [1.807, 2.05) is 24.7 Å². The van der Waals surface area contributed by atoms with Crippen molar-refractivity contribution in [1.29, 1.82) is 0 Å². The van der Waals surface area contributed by atoms with Crippen LogP contribution in [0.4, 0.5) is 0 Å². The largest absolute Gasteiger partial charge is 0.309 e. The van der Waals surface area contributed by atoms with Gasteiger partial charge in [-0.05, 0) is 44.0 Å². The molecule has 102 valence electrons. The SMILES string of the molecule is CCNC(CCc1cccnc1)c1ccnn1CC. The predicted octanol–water partition coefficient (Wildman–Crippen LogP) is 2.58. The van der Waals surface area contributed by atoms with E-state index in [2.05, 4.69) is 46.1 Å². The summed E-state index contributed by atoms with van der Waals surface area (Å²) >= 11 is 0. The minimum Gasteiger partial charge on any atom is -0.309 e. The van der Waals surface area contributed by atoms with Crippen LogP contribution in [0.1, 0.15) is 37.6 Å². The Balaban J connectivity index is 2.04. The topological polar surface area (TPSA) is 42.7 Å². The lowest BCUT2D eigenvalue weighted by atomic mass is 10.0. The molecule has 0 aliphatic rings. The molecule has 0 fully saturated rings. The highest BCUT2D eigenvalue weighted by atomic mass is 15.3. The zero-order valence-electron chi connectivity index (χ0n) is 11.7. The van der Waals surface area contributed by atoms with Crippen molar-refractivity contribution in [1.82, 2.24) is 20.1 Å². The Kier molecular flexibility index (Phi) is 5.10. The summed E-state index contributed by atoms with van der Waals surface area (Å²) in [4.78, 5) is 4.17. The standard InChI is InChI=1S/C15H22N4/c1-3-17-14(15-9-11-18-19(15)4-2)8-7-13-6-5-10-16-12-13/h5-6,9-12,14,17H,3-4,7-8H2,1-2H3. The van der Waals surface area contributed by atoms with Crippen molar-refractivity contribution in [2.75, 3.05) is 6.54 Å². The van der Waals surface area contributed by atoms with E-state index in [-0.39, 0.29) is 0 Å². The molecule has 0 aromatic carbocycles. The fourth-order valence-corrected chi connectivity index (χ4v) is 2.36. The van der Waals surface area contributed by atoms with Crippen LogP contribution in [-0.4, -0.2) is 21.3 Å². The number of hydrogen-bond acceptors (Lipinski definition) is 3. The first-order valence-electron chi connectivity index (χ1n) is 6.99. The Morgan fingerprint density at radius 1 is 1.26 bits per heavy atom. The van der Waals surface area contributed by atoms with Crippen LogP contribution >= 0.6 is 0 Å². The highest BCUT2D eigenvalue weighted by molar-refractivity contribution is 5.12. The van der Waals surface area contributed by atoms with Gasteiger partial charge >= 0.3 is 0 Å². The van der Waals surface area contributed by atoms with Crippen LogP contribution in [0.25, 0.3) is 0 Å². The molecule has 1 N–H and O–H groups in total. The Morgan fingerprint density at radius 2 is 2.16 bits per heavy atom. The van der Waals surface area contributed by atoms with Crippen LogP contribution in [0.3, 0.4) is 0 Å². The third-order valence-electron chi connectivity index (χ3n) is 3.30. The average Bonchev–Trinajstić information content (AvgIpc) is 2.93. The summed E-state index contributed by atoms with van der Waals surface area (Å²) in [6, 6.07) is 6.59. The van der Waals surface area contributed by atoms with Gasteiger partial charge in [0.1, 0.15) is 0 Å². The summed E-state index contributed by atoms with van der Waals surface area (Å²) in [5, 5.41) is 7.91. The molecule has 0 saturated heterocycles. The molecule has 0 saturated carbocycles. The molecule has 2 aromatic heterocycles. The maximum atomic E-state index is 4.36. The summed E-state index contributed by atoms with van der Waals surface area (Å²) < 4.78 is 2.07. The molecule has 2 aromatic rings. The van der Waals surface area contributed by atoms with Crippen molar-refractivity contribution in [3.8, 4) is 0 Å². The highest BCUT2D eigenvalue weighted by Crippen LogP contribution is 2.18. The van der Waals surface area contributed by atoms with Gasteiger partial charge in [0.05, 0.1) is 5.69 Å². The molecule has 0 amide bonds. The van der Waals surface area contributed by atoms with Gasteiger partial charge in [-0.1, -0.05) is 13.0 Å². The molecule has 0 aliphatic heterocycles. The second kappa shape index (κ2) is 7.04. The van der Waals surface area contributed by atoms with Crippen molar-refractivity contribution in [3.05, 3.63) is 48.0 Å². The van der Waals surface area contributed by atoms with Gasteiger partial charge in [-0.3, -0.25) is 9.67 Å². The number of aryl methyl sites for hydroxylation is 2. The fourth-order valence-electron chi connectivity index (χ4n) is 2.36. The quantitative estimate of drug-likeness (QED) is 0.830. The lowest BCUT2D eigenvalue weighted by Gasteiger charge is -2.19. The molecule has 0 spiro atoms. The predicted molar refractivity (Wildman–Crippen MR) is 76.9 cm³/mol. The van der Waals surface area contributed by atoms with Crippen molar-refractivity contribution in [2.45, 2.75) is 39.3 Å². The molecular weight excluding hydrogens is 236 g/mol. The zero-order valence-corrected chi connectivity index (χ0v) is 11.7. The Bertz CT molecular complexity index is 478. The van der Waals surface area contributed by atoms with Crippen molar-refractivity contribution in [3.63, 3.8) is 0 Å². The summed E-state index contributed by atoms with van der Waals surface area (Å²) in [7, 11) is 0. The third-order valence-corrected chi connectivity index (χ3v) is 3.30. The van der Waals surface area contributed by atoms with Gasteiger partial charge in [0.15, 0.2) is 0 Å². The Morgan fingerprint density at radius 3 is 2.84 bits per heavy atom. The van der Waals surface area contributed by atoms with E-state index in [0.29, 0.717) is 6.04 Å². The smallest absolute Gasteiger partial charge is 0.0553 e. The summed E-state index contributed by atoms with van der Waals surface area (Å²) in [6.07, 6.45) is 7.73. The average molecular weight is 258 g/mol. The van der Waals surface area contributed by atoms with Gasteiger partial charge in [-0.2, -0.15) is 5.10 Å². The van der Waals surface area contributed by atoms with E-state index in [1.165, 1.54) is 11.3 Å². The van der Waals surface area contributed by atoms with Gasteiger partial charge in [0.2, 0.25) is 0 Å². The first-order valence-corrected chi connectivity index (χ1v) is 6.99. The number of aromatic nitrogens is 3. The molecule has 0 radical (unpaired) electrons. The second-order valence-corrected chi connectivity index (χ2v) is 4.58. The van der Waals surface area contributed by atoms with Gasteiger partial charge in [-0.15, -0.1) is 0 Å². The van der Waals surface area contributed by atoms with Crippen LogP contribution in [0.5, 0.6) is 0 Å². The van der Waals surface area contributed by atoms with E-state index in [0.717, 1.165) is 25.9 Å². The van der Waals surface area contributed by atoms with Crippen molar-refractivity contribution in [2.24, 2.45) is 0 Å². The maximum absolute atomic E-state index is 4.36. The van der Waals surface area contributed by atoms with E-state index in [4.69, 9.17) is 0 Å². The van der Waals surface area contributed by atoms with E-state index >= 15 is 0 Å². The van der Waals surface area contributed by atoms with Crippen LogP contribution < -0.4 is 5.32 Å². The van der Waals surface area contributed by atoms with Gasteiger partial charge < -0.3 is 5.32 Å². The number of nitrogens with zero attached hydrogens (tertiary/aromatic N) is 3. The molecule has 1 unspecified atom stereocenters. The fraction of sp³-hybridized carbons (Fsp3) is 0.467. The Hall–Kier alpha value is -1.68. The van der Waals surface area contributed by atoms with E-state index in [9.17, 15) is 0 Å². The minimum absolute atomic E-state index is 0.354. The monoisotopic (exact) mass is 258 g/mol. The maximum Gasteiger partial charge on any atom is 0.0553 e. The van der Waals surface area contributed by atoms with Gasteiger partial charge in [-0.25, -0.2) is 0 Å². The Labute approximate surface area is 114 Å². The van der Waals surface area contributed by atoms with Gasteiger partial charge in [0.25, 0.3) is 0 Å². The second-order valence-electron chi connectivity index (χ2n) is 4.58. The van der Waals surface area contributed by atoms with Crippen molar-refractivity contribution < 1.29 is 0 Å². The van der Waals surface area contributed by atoms with Crippen molar-refractivity contribution >= 4 is 0 Å². The highest BCUT2D eigenvalue weighted by Gasteiger charge is 2.14. The molecule has 1 atom stereocenters. The number of rotatable bonds is 7. The van der Waals surface area contributed by atoms with Crippen LogP contribution in [-0.2, 0) is 13.0 Å². The molecule has 0 aliphatic carbocycles. The van der Waals surface area contributed by atoms with Gasteiger partial charge in [0, 0.05) is 31.2 Å². The summed E-state index contributed by atoms with van der Waals surface area (Å²) in [6.45, 7) is 6.15. The van der Waals surface area contributed by atoms with Crippen LogP contribution in [0.2, 0.25) is 0 Å². The summed E-state index contributed by atoms with van der Waals surface area (Å²) in [5.41, 5.74) is 2.56. The molecule has 4 heteroatoms. The number of pyridine rings is 1. The third kappa shape index (κ3) is 3.64. The zero-order chi connectivity index (χ0) is 13.5. The first kappa shape index (κ1) is 13.7. The lowest BCUT2D eigenvalue weighted by molar-refractivity contribution is 0.467. The van der Waals surface area contributed by atoms with Crippen LogP contribution in [0, 0.1) is 0 Å². The van der Waals surface area contributed by atoms with E-state index < -0.39 is 0 Å². The summed E-state index contributed by atoms with van der Waals surface area (Å²) in [5.74, 6) is 0. The minimum atomic E-state index is 0.354. The molecule has 4 nitrogen and oxygen atoms in total. The number of hydrogen-bond donors (Lipinski definition) is 1.